The molecule has 0 atom stereocenters. The van der Waals surface area contributed by atoms with Gasteiger partial charge in [0.25, 0.3) is 0 Å². The van der Waals surface area contributed by atoms with Gasteiger partial charge < -0.3 is 15.4 Å². The number of nitrogens with one attached hydrogen (secondary N) is 2. The van der Waals surface area contributed by atoms with E-state index < -0.39 is 0 Å². The van der Waals surface area contributed by atoms with Gasteiger partial charge >= 0.3 is 6.01 Å². The van der Waals surface area contributed by atoms with Crippen molar-refractivity contribution >= 4 is 11.9 Å². The minimum Gasteiger partial charge on any atom is -0.464 e. The van der Waals surface area contributed by atoms with Crippen molar-refractivity contribution in [2.24, 2.45) is 11.3 Å². The van der Waals surface area contributed by atoms with Gasteiger partial charge in [0.15, 0.2) is 0 Å². The lowest BCUT2D eigenvalue weighted by Crippen LogP contribution is -2.32. The van der Waals surface area contributed by atoms with Crippen LogP contribution in [-0.4, -0.2) is 33.6 Å². The van der Waals surface area contributed by atoms with Crippen LogP contribution in [0.1, 0.15) is 67.2 Å². The summed E-state index contributed by atoms with van der Waals surface area (Å²) in [7, 11) is 0. The van der Waals surface area contributed by atoms with Gasteiger partial charge in [0.2, 0.25) is 11.9 Å². The predicted octanol–water partition coefficient (Wildman–Crippen LogP) is 4.11. The number of nitrogens with zero attached hydrogens (tertiary/aromatic N) is 3. The van der Waals surface area contributed by atoms with Crippen molar-refractivity contribution in [1.29, 1.82) is 0 Å². The van der Waals surface area contributed by atoms with Gasteiger partial charge in [-0.2, -0.15) is 15.0 Å². The van der Waals surface area contributed by atoms with E-state index in [1.54, 1.807) is 0 Å². The van der Waals surface area contributed by atoms with Crippen LogP contribution in [0.4, 0.5) is 11.9 Å². The molecule has 0 aromatic carbocycles. The molecule has 136 valence electrons. The summed E-state index contributed by atoms with van der Waals surface area (Å²) in [4.78, 5) is 13.2. The normalized spacial score (nSPS) is 21.6. The molecule has 0 unspecified atom stereocenters. The topological polar surface area (TPSA) is 72.0 Å². The Hall–Kier alpha value is -1.59. The summed E-state index contributed by atoms with van der Waals surface area (Å²) < 4.78 is 5.48. The average Bonchev–Trinajstić information content (AvgIpc) is 2.46. The van der Waals surface area contributed by atoms with E-state index in [0.29, 0.717) is 36.0 Å². The second kappa shape index (κ2) is 7.99. The second-order valence-electron chi connectivity index (χ2n) is 8.06. The minimum absolute atomic E-state index is 0.261. The van der Waals surface area contributed by atoms with Crippen molar-refractivity contribution in [3.8, 4) is 6.01 Å². The van der Waals surface area contributed by atoms with Crippen LogP contribution in [0.25, 0.3) is 0 Å². The molecule has 2 N–H and O–H groups in total. The van der Waals surface area contributed by atoms with Gasteiger partial charge in [-0.3, -0.25) is 0 Å². The van der Waals surface area contributed by atoms with E-state index in [0.717, 1.165) is 18.8 Å². The molecular formula is C18H33N5O. The molecule has 0 spiro atoms. The zero-order valence-corrected chi connectivity index (χ0v) is 16.0. The molecular weight excluding hydrogens is 302 g/mol. The van der Waals surface area contributed by atoms with Gasteiger partial charge in [-0.05, 0) is 57.8 Å². The largest absolute Gasteiger partial charge is 0.464 e. The molecule has 1 aromatic heterocycles. The average molecular weight is 335 g/mol. The van der Waals surface area contributed by atoms with E-state index in [9.17, 15) is 0 Å². The van der Waals surface area contributed by atoms with Gasteiger partial charge in [0.05, 0.1) is 6.61 Å². The van der Waals surface area contributed by atoms with Crippen LogP contribution in [0.3, 0.4) is 0 Å². The van der Waals surface area contributed by atoms with Crippen molar-refractivity contribution in [2.45, 2.75) is 79.3 Å². The Morgan fingerprint density at radius 1 is 1.04 bits per heavy atom. The SMILES string of the molecule is CCOc1nc(NC(C)C)nc(NC2CCC(C(C)(C)C)CC2)n1. The first kappa shape index (κ1) is 18.7. The Kier molecular flexibility index (Phi) is 6.24. The molecule has 1 heterocycles. The maximum atomic E-state index is 5.48. The molecule has 0 saturated heterocycles. The molecule has 0 bridgehead atoms. The van der Waals surface area contributed by atoms with Crippen molar-refractivity contribution in [2.75, 3.05) is 17.2 Å². The third-order valence-corrected chi connectivity index (χ3v) is 4.59. The van der Waals surface area contributed by atoms with Crippen LogP contribution in [0.2, 0.25) is 0 Å². The zero-order valence-electron chi connectivity index (χ0n) is 16.0. The number of hydrogen-bond donors (Lipinski definition) is 2. The molecule has 6 heteroatoms. The minimum atomic E-state index is 0.261. The Morgan fingerprint density at radius 2 is 1.67 bits per heavy atom. The van der Waals surface area contributed by atoms with Crippen LogP contribution in [0, 0.1) is 11.3 Å². The first-order valence-corrected chi connectivity index (χ1v) is 9.20. The van der Waals surface area contributed by atoms with Crippen molar-refractivity contribution in [3.63, 3.8) is 0 Å². The van der Waals surface area contributed by atoms with Gasteiger partial charge in [0, 0.05) is 12.1 Å². The Bertz CT molecular complexity index is 519. The van der Waals surface area contributed by atoms with E-state index >= 15 is 0 Å². The lowest BCUT2D eigenvalue weighted by Gasteiger charge is -2.37. The first-order chi connectivity index (χ1) is 11.3. The lowest BCUT2D eigenvalue weighted by molar-refractivity contribution is 0.173. The molecule has 1 aromatic rings. The quantitative estimate of drug-likeness (QED) is 0.815. The number of rotatable bonds is 6. The summed E-state index contributed by atoms with van der Waals surface area (Å²) in [6, 6.07) is 1.06. The molecule has 0 amide bonds. The predicted molar refractivity (Wildman–Crippen MR) is 98.6 cm³/mol. The standard InChI is InChI=1S/C18H33N5O/c1-7-24-17-22-15(19-12(2)3)21-16(23-17)20-14-10-8-13(9-11-14)18(4,5)6/h12-14H,7-11H2,1-6H3,(H2,19,20,21,22,23). The number of aromatic nitrogens is 3. The Balaban J connectivity index is 2.02. The summed E-state index contributed by atoms with van der Waals surface area (Å²) in [5.41, 5.74) is 0.397. The molecule has 0 aliphatic heterocycles. The van der Waals surface area contributed by atoms with Crippen LogP contribution in [0.5, 0.6) is 6.01 Å². The summed E-state index contributed by atoms with van der Waals surface area (Å²) in [5, 5.41) is 6.71. The van der Waals surface area contributed by atoms with Crippen molar-refractivity contribution in [1.82, 2.24) is 15.0 Å². The lowest BCUT2D eigenvalue weighted by atomic mass is 9.71. The third-order valence-electron chi connectivity index (χ3n) is 4.59. The molecule has 24 heavy (non-hydrogen) atoms. The molecule has 6 nitrogen and oxygen atoms in total. The van der Waals surface area contributed by atoms with E-state index in [-0.39, 0.29) is 6.04 Å². The van der Waals surface area contributed by atoms with Crippen LogP contribution in [-0.2, 0) is 0 Å². The van der Waals surface area contributed by atoms with E-state index in [1.165, 1.54) is 12.8 Å². The highest BCUT2D eigenvalue weighted by atomic mass is 16.5. The summed E-state index contributed by atoms with van der Waals surface area (Å²) in [5.74, 6) is 1.97. The van der Waals surface area contributed by atoms with Gasteiger partial charge in [-0.15, -0.1) is 0 Å². The first-order valence-electron chi connectivity index (χ1n) is 9.20. The highest BCUT2D eigenvalue weighted by molar-refractivity contribution is 5.37. The van der Waals surface area contributed by atoms with E-state index in [2.05, 4.69) is 60.2 Å². The summed E-state index contributed by atoms with van der Waals surface area (Å²) >= 11 is 0. The second-order valence-corrected chi connectivity index (χ2v) is 8.06. The van der Waals surface area contributed by atoms with Gasteiger partial charge in [0.1, 0.15) is 0 Å². The monoisotopic (exact) mass is 335 g/mol. The molecule has 0 radical (unpaired) electrons. The summed E-state index contributed by atoms with van der Waals surface area (Å²) in [6.07, 6.45) is 4.82. The van der Waals surface area contributed by atoms with Crippen LogP contribution >= 0.6 is 0 Å². The van der Waals surface area contributed by atoms with E-state index in [4.69, 9.17) is 4.74 Å². The number of anilines is 2. The fourth-order valence-corrected chi connectivity index (χ4v) is 3.22. The smallest absolute Gasteiger partial charge is 0.323 e. The van der Waals surface area contributed by atoms with Crippen molar-refractivity contribution < 1.29 is 4.74 Å². The maximum Gasteiger partial charge on any atom is 0.323 e. The fourth-order valence-electron chi connectivity index (χ4n) is 3.22. The number of hydrogen-bond acceptors (Lipinski definition) is 6. The third kappa shape index (κ3) is 5.49. The fraction of sp³-hybridized carbons (Fsp3) is 0.833. The maximum absolute atomic E-state index is 5.48. The van der Waals surface area contributed by atoms with Gasteiger partial charge in [-0.25, -0.2) is 0 Å². The van der Waals surface area contributed by atoms with E-state index in [1.807, 2.05) is 6.92 Å². The molecule has 1 aliphatic rings. The van der Waals surface area contributed by atoms with Crippen LogP contribution in [0.15, 0.2) is 0 Å². The van der Waals surface area contributed by atoms with Crippen LogP contribution < -0.4 is 15.4 Å². The van der Waals surface area contributed by atoms with Crippen molar-refractivity contribution in [3.05, 3.63) is 0 Å². The zero-order chi connectivity index (χ0) is 17.7. The molecule has 2 rings (SSSR count). The highest BCUT2D eigenvalue weighted by Crippen LogP contribution is 2.38. The Labute approximate surface area is 146 Å². The molecule has 1 saturated carbocycles. The number of ether oxygens (including phenoxy) is 1. The molecule has 1 aliphatic carbocycles. The van der Waals surface area contributed by atoms with Gasteiger partial charge in [-0.1, -0.05) is 20.8 Å². The Morgan fingerprint density at radius 3 is 2.21 bits per heavy atom. The summed E-state index contributed by atoms with van der Waals surface area (Å²) in [6.45, 7) is 13.6. The molecule has 1 fully saturated rings. The highest BCUT2D eigenvalue weighted by Gasteiger charge is 2.30.